The maximum Gasteiger partial charge on any atom is 0.293 e. The van der Waals surface area contributed by atoms with E-state index < -0.39 is 10.5 Å². The van der Waals surface area contributed by atoms with E-state index in [0.29, 0.717) is 17.0 Å². The molecule has 0 bridgehead atoms. The minimum atomic E-state index is -0.549. The van der Waals surface area contributed by atoms with Crippen LogP contribution in [0.3, 0.4) is 0 Å². The molecule has 1 saturated carbocycles. The van der Waals surface area contributed by atoms with Gasteiger partial charge in [-0.3, -0.25) is 10.1 Å². The average Bonchev–Trinajstić information content (AvgIpc) is 2.87. The number of hydrogen-bond acceptors (Lipinski definition) is 7. The van der Waals surface area contributed by atoms with Crippen LogP contribution in [0.4, 0.5) is 11.4 Å². The van der Waals surface area contributed by atoms with Gasteiger partial charge in [0.1, 0.15) is 5.69 Å². The number of nitrogen functional groups attached to an aromatic ring is 1. The first kappa shape index (κ1) is 16.2. The predicted molar refractivity (Wildman–Crippen MR) is 82.5 cm³/mol. The summed E-state index contributed by atoms with van der Waals surface area (Å²) in [4.78, 5) is 14.8. The Morgan fingerprint density at radius 3 is 2.64 bits per heavy atom. The monoisotopic (exact) mass is 325 g/mol. The van der Waals surface area contributed by atoms with Crippen LogP contribution in [0.2, 0.25) is 0 Å². The molecule has 0 radical (unpaired) electrons. The van der Waals surface area contributed by atoms with Crippen LogP contribution in [-0.4, -0.2) is 15.1 Å². The Bertz CT molecular complexity index is 726. The highest BCUT2D eigenvalue weighted by Crippen LogP contribution is 2.39. The second-order valence-electron chi connectivity index (χ2n) is 5.44. The van der Waals surface area contributed by atoms with Crippen molar-refractivity contribution in [1.29, 1.82) is 0 Å². The second kappa shape index (κ2) is 5.54. The quantitative estimate of drug-likeness (QED) is 0.502. The van der Waals surface area contributed by atoms with Crippen molar-refractivity contribution in [2.75, 3.05) is 5.73 Å². The van der Waals surface area contributed by atoms with Crippen LogP contribution >= 0.6 is 12.4 Å². The zero-order chi connectivity index (χ0) is 15.2. The minimum Gasteiger partial charge on any atom is -0.393 e. The number of aryl methyl sites for hydroxylation is 1. The molecule has 1 aliphatic carbocycles. The van der Waals surface area contributed by atoms with Gasteiger partial charge in [-0.05, 0) is 37.8 Å². The SMILES string of the molecule is Cc1cc(-c2nc(C3(N)CCC3)no2)c(N)c([N+](=O)[O-])c1.Cl. The highest BCUT2D eigenvalue weighted by molar-refractivity contribution is 5.85. The van der Waals surface area contributed by atoms with Gasteiger partial charge in [-0.15, -0.1) is 12.4 Å². The molecule has 118 valence electrons. The Hall–Kier alpha value is -2.19. The van der Waals surface area contributed by atoms with E-state index in [-0.39, 0.29) is 29.7 Å². The number of halogens is 1. The van der Waals surface area contributed by atoms with Crippen molar-refractivity contribution in [2.24, 2.45) is 5.73 Å². The van der Waals surface area contributed by atoms with Crippen LogP contribution in [-0.2, 0) is 5.54 Å². The molecule has 1 aliphatic rings. The second-order valence-corrected chi connectivity index (χ2v) is 5.44. The molecule has 0 unspecified atom stereocenters. The molecule has 4 N–H and O–H groups in total. The summed E-state index contributed by atoms with van der Waals surface area (Å²) in [5.74, 6) is 0.582. The Morgan fingerprint density at radius 2 is 2.09 bits per heavy atom. The van der Waals surface area contributed by atoms with Crippen molar-refractivity contribution in [1.82, 2.24) is 10.1 Å². The Labute approximate surface area is 132 Å². The van der Waals surface area contributed by atoms with Crippen molar-refractivity contribution in [3.05, 3.63) is 33.6 Å². The molecular formula is C13H16ClN5O3. The summed E-state index contributed by atoms with van der Waals surface area (Å²) >= 11 is 0. The molecule has 1 heterocycles. The minimum absolute atomic E-state index is 0. The highest BCUT2D eigenvalue weighted by Gasteiger charge is 2.39. The zero-order valence-corrected chi connectivity index (χ0v) is 12.7. The molecule has 0 spiro atoms. The first-order valence-corrected chi connectivity index (χ1v) is 6.59. The third kappa shape index (κ3) is 2.51. The number of rotatable bonds is 3. The van der Waals surface area contributed by atoms with E-state index in [4.69, 9.17) is 16.0 Å². The van der Waals surface area contributed by atoms with Gasteiger partial charge in [0.15, 0.2) is 5.82 Å². The number of benzene rings is 1. The lowest BCUT2D eigenvalue weighted by molar-refractivity contribution is -0.383. The number of nitrogens with two attached hydrogens (primary N) is 2. The van der Waals surface area contributed by atoms with E-state index in [1.54, 1.807) is 13.0 Å². The molecule has 0 amide bonds. The summed E-state index contributed by atoms with van der Waals surface area (Å²) in [5.41, 5.74) is 12.3. The Morgan fingerprint density at radius 1 is 1.41 bits per heavy atom. The van der Waals surface area contributed by atoms with Crippen LogP contribution < -0.4 is 11.5 Å². The third-order valence-electron chi connectivity index (χ3n) is 3.85. The number of aromatic nitrogens is 2. The van der Waals surface area contributed by atoms with Gasteiger partial charge in [0.25, 0.3) is 11.6 Å². The van der Waals surface area contributed by atoms with Crippen molar-refractivity contribution >= 4 is 23.8 Å². The van der Waals surface area contributed by atoms with Crippen LogP contribution in [0.5, 0.6) is 0 Å². The smallest absolute Gasteiger partial charge is 0.293 e. The molecule has 0 aliphatic heterocycles. The van der Waals surface area contributed by atoms with Crippen LogP contribution in [0, 0.1) is 17.0 Å². The van der Waals surface area contributed by atoms with Crippen LogP contribution in [0.1, 0.15) is 30.7 Å². The number of nitro benzene ring substituents is 1. The fraction of sp³-hybridized carbons (Fsp3) is 0.385. The van der Waals surface area contributed by atoms with E-state index in [1.807, 2.05) is 0 Å². The standard InChI is InChI=1S/C13H15N5O3.ClH/c1-7-5-8(10(14)9(6-7)18(19)20)11-16-12(17-21-11)13(15)3-2-4-13;/h5-6H,2-4,14-15H2,1H3;1H. The molecule has 1 aromatic carbocycles. The molecule has 22 heavy (non-hydrogen) atoms. The maximum absolute atomic E-state index is 11.0. The van der Waals surface area contributed by atoms with E-state index in [0.717, 1.165) is 19.3 Å². The van der Waals surface area contributed by atoms with Gasteiger partial charge in [0, 0.05) is 6.07 Å². The Balaban J connectivity index is 0.00000176. The molecule has 9 heteroatoms. The molecule has 2 aromatic rings. The van der Waals surface area contributed by atoms with E-state index in [9.17, 15) is 10.1 Å². The third-order valence-corrected chi connectivity index (χ3v) is 3.85. The molecule has 3 rings (SSSR count). The van der Waals surface area contributed by atoms with Crippen molar-refractivity contribution in [2.45, 2.75) is 31.7 Å². The van der Waals surface area contributed by atoms with Crippen molar-refractivity contribution in [3.63, 3.8) is 0 Å². The summed E-state index contributed by atoms with van der Waals surface area (Å²) in [6.07, 6.45) is 2.63. The number of hydrogen-bond donors (Lipinski definition) is 2. The van der Waals surface area contributed by atoms with Gasteiger partial charge in [-0.25, -0.2) is 0 Å². The van der Waals surface area contributed by atoms with Gasteiger partial charge in [-0.2, -0.15) is 4.98 Å². The summed E-state index contributed by atoms with van der Waals surface area (Å²) in [7, 11) is 0. The van der Waals surface area contributed by atoms with Gasteiger partial charge in [-0.1, -0.05) is 5.16 Å². The van der Waals surface area contributed by atoms with E-state index in [2.05, 4.69) is 10.1 Å². The number of anilines is 1. The first-order chi connectivity index (χ1) is 9.90. The van der Waals surface area contributed by atoms with Gasteiger partial charge in [0.2, 0.25) is 0 Å². The first-order valence-electron chi connectivity index (χ1n) is 6.59. The van der Waals surface area contributed by atoms with Crippen LogP contribution in [0.25, 0.3) is 11.5 Å². The van der Waals surface area contributed by atoms with Crippen molar-refractivity contribution < 1.29 is 9.45 Å². The lowest BCUT2D eigenvalue weighted by atomic mass is 9.77. The topological polar surface area (TPSA) is 134 Å². The van der Waals surface area contributed by atoms with Gasteiger partial charge >= 0.3 is 0 Å². The normalized spacial score (nSPS) is 15.7. The summed E-state index contributed by atoms with van der Waals surface area (Å²) in [6.45, 7) is 1.74. The largest absolute Gasteiger partial charge is 0.393 e. The van der Waals surface area contributed by atoms with Gasteiger partial charge < -0.3 is 16.0 Å². The highest BCUT2D eigenvalue weighted by atomic mass is 35.5. The maximum atomic E-state index is 11.0. The number of nitro groups is 1. The molecule has 0 saturated heterocycles. The fourth-order valence-corrected chi connectivity index (χ4v) is 2.42. The fourth-order valence-electron chi connectivity index (χ4n) is 2.42. The summed E-state index contributed by atoms with van der Waals surface area (Å²) < 4.78 is 5.20. The van der Waals surface area contributed by atoms with Crippen LogP contribution in [0.15, 0.2) is 16.7 Å². The predicted octanol–water partition coefficient (Wildman–Crippen LogP) is 2.30. The molecule has 8 nitrogen and oxygen atoms in total. The molecular weight excluding hydrogens is 310 g/mol. The van der Waals surface area contributed by atoms with E-state index in [1.165, 1.54) is 6.07 Å². The van der Waals surface area contributed by atoms with Crippen molar-refractivity contribution in [3.8, 4) is 11.5 Å². The average molecular weight is 326 g/mol. The Kier molecular flexibility index (Phi) is 4.08. The summed E-state index contributed by atoms with van der Waals surface area (Å²) in [5, 5.41) is 14.9. The molecule has 0 atom stereocenters. The van der Waals surface area contributed by atoms with Gasteiger partial charge in [0.05, 0.1) is 16.0 Å². The zero-order valence-electron chi connectivity index (χ0n) is 11.9. The lowest BCUT2D eigenvalue weighted by Crippen LogP contribution is -2.44. The number of nitrogens with zero attached hydrogens (tertiary/aromatic N) is 3. The lowest BCUT2D eigenvalue weighted by Gasteiger charge is -2.34. The summed E-state index contributed by atoms with van der Waals surface area (Å²) in [6, 6.07) is 3.09. The molecule has 1 fully saturated rings. The molecule has 1 aromatic heterocycles. The van der Waals surface area contributed by atoms with E-state index >= 15 is 0 Å².